The maximum Gasteiger partial charge on any atom is 0.302 e. The van der Waals surface area contributed by atoms with Crippen molar-refractivity contribution in [3.8, 4) is 0 Å². The Morgan fingerprint density at radius 2 is 1.68 bits per heavy atom. The lowest BCUT2D eigenvalue weighted by molar-refractivity contribution is -0.142. The second kappa shape index (κ2) is 17.5. The Hall–Kier alpha value is -2.98. The van der Waals surface area contributed by atoms with Gasteiger partial charge in [0.2, 0.25) is 17.7 Å². The van der Waals surface area contributed by atoms with Crippen molar-refractivity contribution in [1.82, 2.24) is 10.6 Å². The standard InChI is InChI=1S/C24H38N4O6/c1-3-4-7-14-26-22(30)16-33-17-23(31)28-21(8-5-6-13-25)24(32)27-20-11-9-19(10-12-20)15-34-18(2)29/h9-12,21H,3-8,13-17,25H2,1-2H3,(H,26,30)(H,27,32)(H,28,31). The first kappa shape index (κ1) is 29.1. The quantitative estimate of drug-likeness (QED) is 0.196. The van der Waals surface area contributed by atoms with Crippen molar-refractivity contribution in [2.24, 2.45) is 5.73 Å². The summed E-state index contributed by atoms with van der Waals surface area (Å²) in [6.45, 7) is 4.09. The van der Waals surface area contributed by atoms with Crippen LogP contribution < -0.4 is 21.7 Å². The number of amides is 3. The zero-order valence-corrected chi connectivity index (χ0v) is 20.2. The van der Waals surface area contributed by atoms with Crippen LogP contribution in [-0.4, -0.2) is 56.0 Å². The topological polar surface area (TPSA) is 149 Å². The fourth-order valence-electron chi connectivity index (χ4n) is 2.99. The largest absolute Gasteiger partial charge is 0.461 e. The van der Waals surface area contributed by atoms with Crippen LogP contribution in [0, 0.1) is 0 Å². The highest BCUT2D eigenvalue weighted by atomic mass is 16.5. The smallest absolute Gasteiger partial charge is 0.302 e. The van der Waals surface area contributed by atoms with Gasteiger partial charge in [-0.05, 0) is 49.9 Å². The first-order valence-electron chi connectivity index (χ1n) is 11.7. The normalized spacial score (nSPS) is 11.4. The third-order valence-corrected chi connectivity index (χ3v) is 4.83. The van der Waals surface area contributed by atoms with Crippen LogP contribution in [-0.2, 0) is 35.3 Å². The molecule has 0 bridgehead atoms. The summed E-state index contributed by atoms with van der Waals surface area (Å²) in [4.78, 5) is 47.7. The minimum absolute atomic E-state index is 0.151. The van der Waals surface area contributed by atoms with Crippen molar-refractivity contribution in [1.29, 1.82) is 0 Å². The summed E-state index contributed by atoms with van der Waals surface area (Å²) in [5.41, 5.74) is 6.87. The number of benzene rings is 1. The first-order chi connectivity index (χ1) is 16.3. The molecular weight excluding hydrogens is 440 g/mol. The van der Waals surface area contributed by atoms with E-state index in [0.717, 1.165) is 31.2 Å². The zero-order valence-electron chi connectivity index (χ0n) is 20.2. The van der Waals surface area contributed by atoms with Crippen molar-refractivity contribution >= 4 is 29.4 Å². The predicted octanol–water partition coefficient (Wildman–Crippen LogP) is 1.63. The number of carbonyl (C=O) groups is 4. The van der Waals surface area contributed by atoms with Gasteiger partial charge in [0.05, 0.1) is 0 Å². The van der Waals surface area contributed by atoms with E-state index in [1.807, 2.05) is 0 Å². The molecule has 1 rings (SSSR count). The molecule has 1 aromatic rings. The average molecular weight is 479 g/mol. The molecule has 1 unspecified atom stereocenters. The van der Waals surface area contributed by atoms with Gasteiger partial charge in [0.15, 0.2) is 0 Å². The fraction of sp³-hybridized carbons (Fsp3) is 0.583. The number of rotatable bonds is 17. The number of anilines is 1. The molecule has 0 saturated carbocycles. The van der Waals surface area contributed by atoms with Gasteiger partial charge < -0.3 is 31.2 Å². The Balaban J connectivity index is 2.52. The van der Waals surface area contributed by atoms with Gasteiger partial charge in [-0.25, -0.2) is 0 Å². The highest BCUT2D eigenvalue weighted by molar-refractivity contribution is 5.97. The van der Waals surface area contributed by atoms with Crippen LogP contribution in [0.15, 0.2) is 24.3 Å². The molecule has 10 nitrogen and oxygen atoms in total. The zero-order chi connectivity index (χ0) is 25.2. The van der Waals surface area contributed by atoms with Crippen molar-refractivity contribution in [3.05, 3.63) is 29.8 Å². The van der Waals surface area contributed by atoms with Crippen LogP contribution in [0.5, 0.6) is 0 Å². The lowest BCUT2D eigenvalue weighted by Crippen LogP contribution is -2.45. The predicted molar refractivity (Wildman–Crippen MR) is 129 cm³/mol. The summed E-state index contributed by atoms with van der Waals surface area (Å²) in [5.74, 6) is -1.50. The Kier molecular flexibility index (Phi) is 14.9. The molecule has 0 saturated heterocycles. The number of carbonyl (C=O) groups excluding carboxylic acids is 4. The molecule has 5 N–H and O–H groups in total. The second-order valence-electron chi connectivity index (χ2n) is 7.92. The van der Waals surface area contributed by atoms with Gasteiger partial charge in [0.25, 0.3) is 0 Å². The summed E-state index contributed by atoms with van der Waals surface area (Å²) in [6, 6.07) is 6.09. The molecule has 190 valence electrons. The van der Waals surface area contributed by atoms with E-state index in [1.54, 1.807) is 24.3 Å². The molecule has 0 aliphatic heterocycles. The maximum absolute atomic E-state index is 12.8. The van der Waals surface area contributed by atoms with E-state index in [9.17, 15) is 19.2 Å². The molecule has 0 spiro atoms. The van der Waals surface area contributed by atoms with Crippen LogP contribution in [0.2, 0.25) is 0 Å². The van der Waals surface area contributed by atoms with E-state index >= 15 is 0 Å². The van der Waals surface area contributed by atoms with Gasteiger partial charge in [-0.2, -0.15) is 0 Å². The number of hydrogen-bond acceptors (Lipinski definition) is 7. The molecule has 0 aliphatic rings. The highest BCUT2D eigenvalue weighted by Gasteiger charge is 2.21. The Bertz CT molecular complexity index is 769. The summed E-state index contributed by atoms with van der Waals surface area (Å²) in [7, 11) is 0. The van der Waals surface area contributed by atoms with Gasteiger partial charge >= 0.3 is 5.97 Å². The highest BCUT2D eigenvalue weighted by Crippen LogP contribution is 2.12. The molecule has 0 heterocycles. The minimum atomic E-state index is -0.772. The first-order valence-corrected chi connectivity index (χ1v) is 11.7. The number of esters is 1. The molecule has 34 heavy (non-hydrogen) atoms. The summed E-state index contributed by atoms with van der Waals surface area (Å²) in [6.07, 6.45) is 4.80. The molecular formula is C24H38N4O6. The number of nitrogens with one attached hydrogen (secondary N) is 3. The lowest BCUT2D eigenvalue weighted by atomic mass is 10.1. The van der Waals surface area contributed by atoms with E-state index in [-0.39, 0.29) is 37.6 Å². The van der Waals surface area contributed by atoms with Crippen LogP contribution >= 0.6 is 0 Å². The Morgan fingerprint density at radius 3 is 2.32 bits per heavy atom. The molecule has 1 atom stereocenters. The van der Waals surface area contributed by atoms with E-state index in [0.29, 0.717) is 31.6 Å². The monoisotopic (exact) mass is 478 g/mol. The van der Waals surface area contributed by atoms with Gasteiger partial charge in [-0.1, -0.05) is 31.9 Å². The van der Waals surface area contributed by atoms with Crippen LogP contribution in [0.1, 0.15) is 57.9 Å². The molecule has 3 amide bonds. The molecule has 0 aromatic heterocycles. The third-order valence-electron chi connectivity index (χ3n) is 4.83. The average Bonchev–Trinajstić information content (AvgIpc) is 2.80. The molecule has 10 heteroatoms. The number of hydrogen-bond donors (Lipinski definition) is 4. The number of ether oxygens (including phenoxy) is 2. The van der Waals surface area contributed by atoms with Crippen LogP contribution in [0.25, 0.3) is 0 Å². The molecule has 1 aromatic carbocycles. The van der Waals surface area contributed by atoms with Gasteiger partial charge in [-0.3, -0.25) is 19.2 Å². The second-order valence-corrected chi connectivity index (χ2v) is 7.92. The Morgan fingerprint density at radius 1 is 0.971 bits per heavy atom. The molecule has 0 radical (unpaired) electrons. The summed E-state index contributed by atoms with van der Waals surface area (Å²) < 4.78 is 10.1. The van der Waals surface area contributed by atoms with Crippen molar-refractivity contribution < 1.29 is 28.7 Å². The van der Waals surface area contributed by atoms with E-state index in [1.165, 1.54) is 6.92 Å². The van der Waals surface area contributed by atoms with E-state index in [4.69, 9.17) is 15.2 Å². The van der Waals surface area contributed by atoms with Gasteiger partial charge in [0.1, 0.15) is 25.9 Å². The van der Waals surface area contributed by atoms with Crippen molar-refractivity contribution in [2.75, 3.05) is 31.6 Å². The van der Waals surface area contributed by atoms with Gasteiger partial charge in [0, 0.05) is 19.2 Å². The van der Waals surface area contributed by atoms with E-state index < -0.39 is 11.9 Å². The van der Waals surface area contributed by atoms with Crippen LogP contribution in [0.3, 0.4) is 0 Å². The van der Waals surface area contributed by atoms with Crippen LogP contribution in [0.4, 0.5) is 5.69 Å². The number of unbranched alkanes of at least 4 members (excludes halogenated alkanes) is 3. The minimum Gasteiger partial charge on any atom is -0.461 e. The molecule has 0 aliphatic carbocycles. The van der Waals surface area contributed by atoms with Gasteiger partial charge in [-0.15, -0.1) is 0 Å². The SMILES string of the molecule is CCCCCNC(=O)COCC(=O)NC(CCCCN)C(=O)Nc1ccc(COC(C)=O)cc1. The Labute approximate surface area is 201 Å². The van der Waals surface area contributed by atoms with Crippen molar-refractivity contribution in [3.63, 3.8) is 0 Å². The fourth-order valence-corrected chi connectivity index (χ4v) is 2.99. The van der Waals surface area contributed by atoms with E-state index in [2.05, 4.69) is 22.9 Å². The summed E-state index contributed by atoms with van der Waals surface area (Å²) in [5, 5.41) is 8.18. The lowest BCUT2D eigenvalue weighted by Gasteiger charge is -2.18. The number of nitrogens with two attached hydrogens (primary N) is 1. The third kappa shape index (κ3) is 13.5. The van der Waals surface area contributed by atoms with Crippen molar-refractivity contribution in [2.45, 2.75) is 65.0 Å². The maximum atomic E-state index is 12.8. The molecule has 0 fully saturated rings. The summed E-state index contributed by atoms with van der Waals surface area (Å²) >= 11 is 0.